The predicted molar refractivity (Wildman–Crippen MR) is 64.0 cm³/mol. The molecule has 1 fully saturated rings. The van der Waals surface area contributed by atoms with Crippen LogP contribution in [-0.4, -0.2) is 23.4 Å². The Balaban J connectivity index is 1.83. The second-order valence-electron chi connectivity index (χ2n) is 5.18. The van der Waals surface area contributed by atoms with Crippen molar-refractivity contribution in [3.63, 3.8) is 0 Å². The lowest BCUT2D eigenvalue weighted by Crippen LogP contribution is -2.38. The first-order valence-corrected chi connectivity index (χ1v) is 6.55. The zero-order valence-electron chi connectivity index (χ0n) is 9.74. The first-order valence-electron chi connectivity index (χ1n) is 6.55. The molecule has 2 aliphatic heterocycles. The molecule has 1 amide bonds. The number of carbonyl (C=O) groups excluding carboxylic acids is 1. The van der Waals surface area contributed by atoms with Crippen LogP contribution in [0.1, 0.15) is 44.9 Å². The topological polar surface area (TPSA) is 20.3 Å². The molecular weight excluding hydrogens is 198 g/mol. The van der Waals surface area contributed by atoms with Crippen molar-refractivity contribution >= 4 is 5.91 Å². The minimum absolute atomic E-state index is 0.259. The van der Waals surface area contributed by atoms with Crippen LogP contribution >= 0.6 is 0 Å². The highest BCUT2D eigenvalue weighted by Crippen LogP contribution is 2.34. The quantitative estimate of drug-likeness (QED) is 0.661. The molecule has 2 heterocycles. The van der Waals surface area contributed by atoms with Crippen molar-refractivity contribution in [2.75, 3.05) is 6.54 Å². The molecule has 0 N–H and O–H groups in total. The van der Waals surface area contributed by atoms with E-state index >= 15 is 0 Å². The molecule has 1 saturated heterocycles. The van der Waals surface area contributed by atoms with Crippen molar-refractivity contribution in [3.05, 3.63) is 23.3 Å². The molecule has 2 heteroatoms. The summed E-state index contributed by atoms with van der Waals surface area (Å²) in [6.07, 6.45) is 12.8. The van der Waals surface area contributed by atoms with Crippen LogP contribution in [0.3, 0.4) is 0 Å². The van der Waals surface area contributed by atoms with Crippen LogP contribution in [0.2, 0.25) is 0 Å². The molecule has 0 aromatic heterocycles. The van der Waals surface area contributed by atoms with E-state index in [9.17, 15) is 4.79 Å². The first-order chi connectivity index (χ1) is 7.84. The van der Waals surface area contributed by atoms with E-state index < -0.39 is 0 Å². The summed E-state index contributed by atoms with van der Waals surface area (Å²) >= 11 is 0. The summed E-state index contributed by atoms with van der Waals surface area (Å²) in [5.74, 6) is 0.259. The lowest BCUT2D eigenvalue weighted by molar-refractivity contribution is -0.127. The molecule has 0 aromatic rings. The van der Waals surface area contributed by atoms with Gasteiger partial charge in [-0.2, -0.15) is 0 Å². The zero-order valence-corrected chi connectivity index (χ0v) is 9.74. The Kier molecular flexibility index (Phi) is 2.58. The second kappa shape index (κ2) is 4.08. The molecule has 86 valence electrons. The minimum atomic E-state index is 0.259. The normalized spacial score (nSPS) is 29.9. The molecule has 0 spiro atoms. The highest BCUT2D eigenvalue weighted by atomic mass is 16.2. The van der Waals surface area contributed by atoms with E-state index in [1.807, 2.05) is 6.08 Å². The summed E-state index contributed by atoms with van der Waals surface area (Å²) in [5.41, 5.74) is 2.80. The van der Waals surface area contributed by atoms with Gasteiger partial charge < -0.3 is 4.90 Å². The maximum Gasteiger partial charge on any atom is 0.247 e. The highest BCUT2D eigenvalue weighted by molar-refractivity contribution is 5.90. The van der Waals surface area contributed by atoms with Gasteiger partial charge in [-0.25, -0.2) is 0 Å². The van der Waals surface area contributed by atoms with Crippen LogP contribution in [0.4, 0.5) is 0 Å². The Morgan fingerprint density at radius 2 is 2.12 bits per heavy atom. The Labute approximate surface area is 97.0 Å². The Bertz CT molecular complexity index is 367. The molecule has 2 nitrogen and oxygen atoms in total. The molecule has 0 saturated carbocycles. The van der Waals surface area contributed by atoms with Gasteiger partial charge in [0.05, 0.1) is 0 Å². The van der Waals surface area contributed by atoms with E-state index in [-0.39, 0.29) is 5.91 Å². The Morgan fingerprint density at radius 1 is 1.19 bits per heavy atom. The number of amides is 1. The number of fused-ring (bicyclic) bond motifs is 1. The minimum Gasteiger partial charge on any atom is -0.336 e. The zero-order chi connectivity index (χ0) is 11.0. The maximum absolute atomic E-state index is 12.0. The molecule has 0 aromatic carbocycles. The van der Waals surface area contributed by atoms with Gasteiger partial charge in [0.25, 0.3) is 0 Å². The van der Waals surface area contributed by atoms with Crippen molar-refractivity contribution in [1.82, 2.24) is 4.90 Å². The Morgan fingerprint density at radius 3 is 2.94 bits per heavy atom. The first kappa shape index (κ1) is 10.1. The van der Waals surface area contributed by atoms with Crippen LogP contribution in [0.5, 0.6) is 0 Å². The van der Waals surface area contributed by atoms with Gasteiger partial charge in [0.15, 0.2) is 0 Å². The molecule has 0 unspecified atom stereocenters. The molecule has 3 aliphatic rings. The smallest absolute Gasteiger partial charge is 0.247 e. The van der Waals surface area contributed by atoms with Crippen LogP contribution < -0.4 is 0 Å². The lowest BCUT2D eigenvalue weighted by Gasteiger charge is -2.30. The number of carbonyl (C=O) groups is 1. The SMILES string of the molecule is O=C1C=C(C2=CCCCC2)C[C@@H]2CCCN12. The fourth-order valence-corrected chi connectivity index (χ4v) is 3.24. The summed E-state index contributed by atoms with van der Waals surface area (Å²) in [5, 5.41) is 0. The average Bonchev–Trinajstić information content (AvgIpc) is 2.79. The summed E-state index contributed by atoms with van der Waals surface area (Å²) in [7, 11) is 0. The third kappa shape index (κ3) is 1.70. The maximum atomic E-state index is 12.0. The van der Waals surface area contributed by atoms with E-state index in [1.165, 1.54) is 49.7 Å². The van der Waals surface area contributed by atoms with Crippen LogP contribution in [0.15, 0.2) is 23.3 Å². The number of hydrogen-bond acceptors (Lipinski definition) is 1. The van der Waals surface area contributed by atoms with Gasteiger partial charge in [-0.05, 0) is 56.1 Å². The van der Waals surface area contributed by atoms with Gasteiger partial charge in [-0.15, -0.1) is 0 Å². The van der Waals surface area contributed by atoms with Crippen molar-refractivity contribution < 1.29 is 4.79 Å². The molecule has 1 aliphatic carbocycles. The van der Waals surface area contributed by atoms with Crippen molar-refractivity contribution in [2.45, 2.75) is 51.0 Å². The van der Waals surface area contributed by atoms with Gasteiger partial charge in [0, 0.05) is 18.7 Å². The van der Waals surface area contributed by atoms with Crippen molar-refractivity contribution in [1.29, 1.82) is 0 Å². The summed E-state index contributed by atoms with van der Waals surface area (Å²) < 4.78 is 0. The molecule has 0 bridgehead atoms. The van der Waals surface area contributed by atoms with Gasteiger partial charge in [0.1, 0.15) is 0 Å². The van der Waals surface area contributed by atoms with Gasteiger partial charge in [-0.3, -0.25) is 4.79 Å². The van der Waals surface area contributed by atoms with Crippen molar-refractivity contribution in [3.8, 4) is 0 Å². The largest absolute Gasteiger partial charge is 0.336 e. The van der Waals surface area contributed by atoms with E-state index in [1.54, 1.807) is 0 Å². The second-order valence-corrected chi connectivity index (χ2v) is 5.18. The molecule has 0 radical (unpaired) electrons. The number of hydrogen-bond donors (Lipinski definition) is 0. The number of rotatable bonds is 1. The summed E-state index contributed by atoms with van der Waals surface area (Å²) in [4.78, 5) is 14.0. The molecule has 3 rings (SSSR count). The lowest BCUT2D eigenvalue weighted by atomic mass is 9.87. The van der Waals surface area contributed by atoms with Crippen LogP contribution in [-0.2, 0) is 4.79 Å². The van der Waals surface area contributed by atoms with E-state index in [0.29, 0.717) is 6.04 Å². The molecule has 1 atom stereocenters. The number of nitrogens with zero attached hydrogens (tertiary/aromatic N) is 1. The summed E-state index contributed by atoms with van der Waals surface area (Å²) in [6, 6.07) is 0.510. The van der Waals surface area contributed by atoms with Crippen LogP contribution in [0, 0.1) is 0 Å². The standard InChI is InChI=1S/C14H19NO/c16-14-10-12(11-5-2-1-3-6-11)9-13-7-4-8-15(13)14/h5,10,13H,1-4,6-9H2/t13-/m0/s1. The predicted octanol–water partition coefficient (Wildman–Crippen LogP) is 2.81. The van der Waals surface area contributed by atoms with Gasteiger partial charge in [-0.1, -0.05) is 6.08 Å². The van der Waals surface area contributed by atoms with Gasteiger partial charge in [0.2, 0.25) is 5.91 Å². The van der Waals surface area contributed by atoms with Crippen molar-refractivity contribution in [2.24, 2.45) is 0 Å². The molecular formula is C14H19NO. The third-order valence-corrected chi connectivity index (χ3v) is 4.12. The average molecular weight is 217 g/mol. The van der Waals surface area contributed by atoms with E-state index in [4.69, 9.17) is 0 Å². The number of allylic oxidation sites excluding steroid dienone is 2. The highest BCUT2D eigenvalue weighted by Gasteiger charge is 2.32. The van der Waals surface area contributed by atoms with E-state index in [0.717, 1.165) is 13.0 Å². The van der Waals surface area contributed by atoms with E-state index in [2.05, 4.69) is 11.0 Å². The molecule has 16 heavy (non-hydrogen) atoms. The fraction of sp³-hybridized carbons (Fsp3) is 0.643. The van der Waals surface area contributed by atoms with Crippen LogP contribution in [0.25, 0.3) is 0 Å². The van der Waals surface area contributed by atoms with Gasteiger partial charge >= 0.3 is 0 Å². The monoisotopic (exact) mass is 217 g/mol. The Hall–Kier alpha value is -1.05. The summed E-state index contributed by atoms with van der Waals surface area (Å²) in [6.45, 7) is 0.978. The third-order valence-electron chi connectivity index (χ3n) is 4.12. The fourth-order valence-electron chi connectivity index (χ4n) is 3.24.